The average Bonchev–Trinajstić information content (AvgIpc) is 2.86. The Balaban J connectivity index is 1.61. The minimum Gasteiger partial charge on any atom is -0.327 e. The van der Waals surface area contributed by atoms with Gasteiger partial charge in [0.1, 0.15) is 0 Å². The van der Waals surface area contributed by atoms with Gasteiger partial charge >= 0.3 is 0 Å². The van der Waals surface area contributed by atoms with Crippen molar-refractivity contribution in [2.75, 3.05) is 0 Å². The van der Waals surface area contributed by atoms with E-state index in [1.54, 1.807) is 0 Å². The van der Waals surface area contributed by atoms with E-state index in [9.17, 15) is 0 Å². The number of hydrogen-bond acceptors (Lipinski definition) is 2. The van der Waals surface area contributed by atoms with Gasteiger partial charge in [0.05, 0.1) is 0 Å². The summed E-state index contributed by atoms with van der Waals surface area (Å²) in [6.45, 7) is 2.42. The van der Waals surface area contributed by atoms with Crippen LogP contribution in [0.4, 0.5) is 0 Å². The fraction of sp³-hybridized carbons (Fsp3) is 1.00. The van der Waals surface area contributed by atoms with E-state index in [1.165, 1.54) is 44.9 Å². The van der Waals surface area contributed by atoms with E-state index in [0.717, 1.165) is 17.9 Å². The van der Waals surface area contributed by atoms with Crippen LogP contribution < -0.4 is 11.1 Å². The van der Waals surface area contributed by atoms with Crippen molar-refractivity contribution in [3.05, 3.63) is 0 Å². The minimum atomic E-state index is 0.496. The lowest BCUT2D eigenvalue weighted by molar-refractivity contribution is 0.247. The van der Waals surface area contributed by atoms with Crippen LogP contribution in [-0.4, -0.2) is 17.6 Å². The molecule has 3 aliphatic carbocycles. The fourth-order valence-corrected chi connectivity index (χ4v) is 3.95. The molecule has 3 aliphatic rings. The number of nitrogens with one attached hydrogen (secondary N) is 1. The molecule has 0 aliphatic heterocycles. The average molecular weight is 208 g/mol. The maximum atomic E-state index is 6.10. The van der Waals surface area contributed by atoms with Crippen LogP contribution in [0.3, 0.4) is 0 Å². The van der Waals surface area contributed by atoms with E-state index in [4.69, 9.17) is 5.73 Å². The summed E-state index contributed by atoms with van der Waals surface area (Å²) in [5, 5.41) is 3.97. The monoisotopic (exact) mass is 208 g/mol. The quantitative estimate of drug-likeness (QED) is 0.729. The molecule has 86 valence electrons. The van der Waals surface area contributed by atoms with Gasteiger partial charge in [-0.3, -0.25) is 0 Å². The zero-order valence-electron chi connectivity index (χ0n) is 9.84. The van der Waals surface area contributed by atoms with Crippen molar-refractivity contribution in [3.8, 4) is 0 Å². The Bertz CT molecular complexity index is 253. The lowest BCUT2D eigenvalue weighted by Crippen LogP contribution is -2.45. The Hall–Kier alpha value is -0.0800. The summed E-state index contributed by atoms with van der Waals surface area (Å²) in [5.41, 5.74) is 6.60. The second-order valence-corrected chi connectivity index (χ2v) is 6.18. The Kier molecular flexibility index (Phi) is 2.33. The summed E-state index contributed by atoms with van der Waals surface area (Å²) < 4.78 is 0. The third kappa shape index (κ3) is 1.62. The summed E-state index contributed by atoms with van der Waals surface area (Å²) in [6, 6.07) is 1.28. The summed E-state index contributed by atoms with van der Waals surface area (Å²) >= 11 is 0. The van der Waals surface area contributed by atoms with Gasteiger partial charge in [-0.05, 0) is 43.9 Å². The molecule has 5 atom stereocenters. The number of nitrogens with two attached hydrogens (primary N) is 1. The largest absolute Gasteiger partial charge is 0.327 e. The summed E-state index contributed by atoms with van der Waals surface area (Å²) in [6.07, 6.45) is 9.62. The summed E-state index contributed by atoms with van der Waals surface area (Å²) in [7, 11) is 0. The van der Waals surface area contributed by atoms with Crippen LogP contribution in [-0.2, 0) is 0 Å². The molecule has 15 heavy (non-hydrogen) atoms. The van der Waals surface area contributed by atoms with E-state index in [-0.39, 0.29) is 0 Å². The molecule has 0 heterocycles. The molecular formula is C13H24N2. The lowest BCUT2D eigenvalue weighted by atomic mass is 9.85. The Labute approximate surface area is 93.0 Å². The zero-order chi connectivity index (χ0) is 10.5. The highest BCUT2D eigenvalue weighted by molar-refractivity contribution is 5.19. The van der Waals surface area contributed by atoms with Gasteiger partial charge in [0, 0.05) is 17.6 Å². The van der Waals surface area contributed by atoms with E-state index in [1.807, 2.05) is 0 Å². The first-order valence-electron chi connectivity index (χ1n) is 6.74. The molecule has 0 aromatic rings. The number of fused-ring (bicyclic) bond motifs is 1. The first kappa shape index (κ1) is 10.1. The molecule has 0 aromatic heterocycles. The smallest absolute Gasteiger partial charge is 0.0232 e. The fourth-order valence-electron chi connectivity index (χ4n) is 3.95. The van der Waals surface area contributed by atoms with E-state index < -0.39 is 0 Å². The molecule has 3 N–H and O–H groups in total. The van der Waals surface area contributed by atoms with Crippen molar-refractivity contribution >= 4 is 0 Å². The van der Waals surface area contributed by atoms with E-state index >= 15 is 0 Å². The van der Waals surface area contributed by atoms with Crippen LogP contribution in [0.25, 0.3) is 0 Å². The Morgan fingerprint density at radius 2 is 2.00 bits per heavy atom. The standard InChI is InChI=1S/C13H24N2/c1-9-4-2-3-5-12(9)15-13-7-6-11(14)10(13)8-13/h9-12,15H,2-8,14H2,1H3. The predicted molar refractivity (Wildman–Crippen MR) is 62.6 cm³/mol. The minimum absolute atomic E-state index is 0.496. The van der Waals surface area contributed by atoms with Gasteiger partial charge < -0.3 is 11.1 Å². The Morgan fingerprint density at radius 3 is 2.60 bits per heavy atom. The van der Waals surface area contributed by atoms with Crippen LogP contribution in [0.1, 0.15) is 51.9 Å². The van der Waals surface area contributed by atoms with Crippen LogP contribution in [0.5, 0.6) is 0 Å². The zero-order valence-corrected chi connectivity index (χ0v) is 9.84. The van der Waals surface area contributed by atoms with Crippen molar-refractivity contribution in [1.29, 1.82) is 0 Å². The van der Waals surface area contributed by atoms with Gasteiger partial charge in [-0.2, -0.15) is 0 Å². The molecule has 5 unspecified atom stereocenters. The third-order valence-electron chi connectivity index (χ3n) is 5.16. The molecule has 2 nitrogen and oxygen atoms in total. The highest BCUT2D eigenvalue weighted by atomic mass is 15.1. The second kappa shape index (κ2) is 3.46. The van der Waals surface area contributed by atoms with Crippen molar-refractivity contribution in [3.63, 3.8) is 0 Å². The molecule has 0 bridgehead atoms. The van der Waals surface area contributed by atoms with Gasteiger partial charge in [0.2, 0.25) is 0 Å². The van der Waals surface area contributed by atoms with E-state index in [0.29, 0.717) is 11.6 Å². The normalized spacial score (nSPS) is 54.0. The molecule has 0 amide bonds. The van der Waals surface area contributed by atoms with Crippen LogP contribution >= 0.6 is 0 Å². The summed E-state index contributed by atoms with van der Waals surface area (Å²) in [5.74, 6) is 1.69. The molecule has 0 aromatic carbocycles. The maximum Gasteiger partial charge on any atom is 0.0232 e. The lowest BCUT2D eigenvalue weighted by Gasteiger charge is -2.33. The van der Waals surface area contributed by atoms with Crippen molar-refractivity contribution in [2.24, 2.45) is 17.6 Å². The SMILES string of the molecule is CC1CCCCC1NC12CCC(N)C1C2. The molecule has 3 rings (SSSR count). The molecule has 0 spiro atoms. The maximum absolute atomic E-state index is 6.10. The molecule has 2 heteroatoms. The first-order chi connectivity index (χ1) is 7.21. The number of rotatable bonds is 2. The highest BCUT2D eigenvalue weighted by Crippen LogP contribution is 2.55. The van der Waals surface area contributed by atoms with Gasteiger partial charge in [-0.25, -0.2) is 0 Å². The van der Waals surface area contributed by atoms with Crippen molar-refractivity contribution in [1.82, 2.24) is 5.32 Å². The molecule has 3 saturated carbocycles. The third-order valence-corrected chi connectivity index (χ3v) is 5.16. The van der Waals surface area contributed by atoms with Crippen molar-refractivity contribution in [2.45, 2.75) is 69.5 Å². The van der Waals surface area contributed by atoms with Gasteiger partial charge in [0.25, 0.3) is 0 Å². The molecule has 0 radical (unpaired) electrons. The molecule has 3 fully saturated rings. The summed E-state index contributed by atoms with van der Waals surface area (Å²) in [4.78, 5) is 0. The van der Waals surface area contributed by atoms with Crippen LogP contribution in [0.2, 0.25) is 0 Å². The molecule has 0 saturated heterocycles. The Morgan fingerprint density at radius 1 is 1.20 bits per heavy atom. The van der Waals surface area contributed by atoms with Gasteiger partial charge in [0.15, 0.2) is 0 Å². The second-order valence-electron chi connectivity index (χ2n) is 6.18. The van der Waals surface area contributed by atoms with Crippen molar-refractivity contribution < 1.29 is 0 Å². The van der Waals surface area contributed by atoms with Gasteiger partial charge in [-0.15, -0.1) is 0 Å². The number of hydrogen-bond donors (Lipinski definition) is 2. The topological polar surface area (TPSA) is 38.0 Å². The van der Waals surface area contributed by atoms with Gasteiger partial charge in [-0.1, -0.05) is 19.8 Å². The predicted octanol–water partition coefficient (Wildman–Crippen LogP) is 2.03. The van der Waals surface area contributed by atoms with Crippen LogP contribution in [0.15, 0.2) is 0 Å². The first-order valence-corrected chi connectivity index (χ1v) is 6.74. The van der Waals surface area contributed by atoms with Crippen LogP contribution in [0, 0.1) is 11.8 Å². The molecular weight excluding hydrogens is 184 g/mol. The van der Waals surface area contributed by atoms with E-state index in [2.05, 4.69) is 12.2 Å². The highest BCUT2D eigenvalue weighted by Gasteiger charge is 2.61.